The first-order valence-corrected chi connectivity index (χ1v) is 20.7. The summed E-state index contributed by atoms with van der Waals surface area (Å²) in [5.41, 5.74) is 15.2. The molecule has 294 valence electrons. The van der Waals surface area contributed by atoms with Crippen LogP contribution in [0.4, 0.5) is 5.69 Å². The molecule has 0 fully saturated rings. The van der Waals surface area contributed by atoms with Crippen molar-refractivity contribution in [2.45, 2.75) is 13.8 Å². The molecule has 1 aliphatic rings. The molecule has 7 aromatic carbocycles. The van der Waals surface area contributed by atoms with Gasteiger partial charge in [0.15, 0.2) is 0 Å². The van der Waals surface area contributed by atoms with E-state index in [1.807, 2.05) is 128 Å². The van der Waals surface area contributed by atoms with Gasteiger partial charge in [0.25, 0.3) is 11.8 Å². The number of nitrogens with zero attached hydrogens (tertiary/aromatic N) is 4. The molecule has 1 aliphatic heterocycles. The van der Waals surface area contributed by atoms with Gasteiger partial charge in [-0.3, -0.25) is 19.6 Å². The molecule has 0 N–H and O–H groups in total. The van der Waals surface area contributed by atoms with Crippen molar-refractivity contribution in [3.63, 3.8) is 0 Å². The predicted molar refractivity (Wildman–Crippen MR) is 251 cm³/mol. The Morgan fingerprint density at radius 3 is 1.37 bits per heavy atom. The number of hydrogen-bond acceptors (Lipinski definition) is 4. The maximum atomic E-state index is 15.8. The Hall–Kier alpha value is -8.22. The first-order chi connectivity index (χ1) is 30.5. The Morgan fingerprint density at radius 1 is 0.403 bits per heavy atom. The molecule has 6 heteroatoms. The maximum absolute atomic E-state index is 15.8. The van der Waals surface area contributed by atoms with Crippen molar-refractivity contribution in [2.75, 3.05) is 4.90 Å². The Balaban J connectivity index is 1.22. The Labute approximate surface area is 359 Å². The van der Waals surface area contributed by atoms with E-state index in [0.717, 1.165) is 88.6 Å². The van der Waals surface area contributed by atoms with Crippen LogP contribution in [0, 0.1) is 13.8 Å². The number of amides is 2. The van der Waals surface area contributed by atoms with Gasteiger partial charge >= 0.3 is 0 Å². The van der Waals surface area contributed by atoms with Gasteiger partial charge in [-0.2, -0.15) is 0 Å². The molecule has 2 amide bonds. The normalized spacial score (nSPS) is 12.4. The van der Waals surface area contributed by atoms with E-state index in [1.54, 1.807) is 6.07 Å². The van der Waals surface area contributed by atoms with Crippen molar-refractivity contribution in [3.05, 3.63) is 217 Å². The minimum absolute atomic E-state index is 0.350. The lowest BCUT2D eigenvalue weighted by atomic mass is 9.90. The number of rotatable bonds is 7. The van der Waals surface area contributed by atoms with Crippen LogP contribution in [-0.2, 0) is 0 Å². The monoisotopic (exact) mass is 798 g/mol. The molecule has 0 saturated carbocycles. The number of hydrogen-bond donors (Lipinski definition) is 0. The van der Waals surface area contributed by atoms with Gasteiger partial charge in [-0.25, -0.2) is 4.90 Å². The van der Waals surface area contributed by atoms with E-state index >= 15 is 9.59 Å². The molecule has 0 saturated heterocycles. The van der Waals surface area contributed by atoms with Gasteiger partial charge in [-0.1, -0.05) is 133 Å². The van der Waals surface area contributed by atoms with Crippen LogP contribution >= 0.6 is 0 Å². The maximum Gasteiger partial charge on any atom is 0.268 e. The lowest BCUT2D eigenvalue weighted by Crippen LogP contribution is -2.30. The molecule has 4 heterocycles. The van der Waals surface area contributed by atoms with Crippen molar-refractivity contribution in [2.24, 2.45) is 0 Å². The van der Waals surface area contributed by atoms with Crippen LogP contribution in [0.25, 0.3) is 83.1 Å². The van der Waals surface area contributed by atoms with Gasteiger partial charge in [0, 0.05) is 57.8 Å². The molecule has 0 bridgehead atoms. The molecule has 10 aromatic rings. The van der Waals surface area contributed by atoms with Crippen LogP contribution in [0.15, 0.2) is 195 Å². The summed E-state index contributed by atoms with van der Waals surface area (Å²) in [6, 6.07) is 57.0. The number of fused-ring (bicyclic) bond motifs is 4. The van der Waals surface area contributed by atoms with Crippen molar-refractivity contribution in [1.82, 2.24) is 14.5 Å². The fourth-order valence-electron chi connectivity index (χ4n) is 9.35. The summed E-state index contributed by atoms with van der Waals surface area (Å²) < 4.78 is 2.22. The second-order valence-electron chi connectivity index (χ2n) is 15.8. The Bertz CT molecular complexity index is 3250. The average molecular weight is 799 g/mol. The quantitative estimate of drug-likeness (QED) is 0.151. The van der Waals surface area contributed by atoms with E-state index in [4.69, 9.17) is 0 Å². The standard InChI is InChI=1S/C56H38N4O2/c1-35-33-57-29-27-41(35)43-21-12-23-45-46-24-13-22-44(42-28-30-58-34-36(42)2)53(46)59(52(43)45)50-26-14-25-47-51(50)56(62)60(55(47)61)54-48(38-17-8-4-9-18-38)31-40(37-15-6-3-7-16-37)32-49(54)39-19-10-5-11-20-39/h3-34H,1-2H3. The van der Waals surface area contributed by atoms with Crippen LogP contribution in [0.5, 0.6) is 0 Å². The number of aromatic nitrogens is 3. The van der Waals surface area contributed by atoms with Crippen molar-refractivity contribution >= 4 is 39.3 Å². The lowest BCUT2D eigenvalue weighted by molar-refractivity contribution is 0.0926. The zero-order chi connectivity index (χ0) is 41.9. The molecule has 0 atom stereocenters. The van der Waals surface area contributed by atoms with E-state index in [9.17, 15) is 0 Å². The highest BCUT2D eigenvalue weighted by atomic mass is 16.2. The van der Waals surface area contributed by atoms with Gasteiger partial charge in [0.2, 0.25) is 0 Å². The zero-order valence-electron chi connectivity index (χ0n) is 34.1. The van der Waals surface area contributed by atoms with Crippen molar-refractivity contribution < 1.29 is 9.59 Å². The molecule has 0 aliphatic carbocycles. The van der Waals surface area contributed by atoms with Crippen molar-refractivity contribution in [3.8, 4) is 61.3 Å². The van der Waals surface area contributed by atoms with Crippen LogP contribution in [-0.4, -0.2) is 26.3 Å². The van der Waals surface area contributed by atoms with E-state index < -0.39 is 0 Å². The van der Waals surface area contributed by atoms with Gasteiger partial charge < -0.3 is 4.57 Å². The fourth-order valence-corrected chi connectivity index (χ4v) is 9.35. The highest BCUT2D eigenvalue weighted by molar-refractivity contribution is 6.37. The van der Waals surface area contributed by atoms with E-state index in [1.165, 1.54) is 4.90 Å². The van der Waals surface area contributed by atoms with Crippen LogP contribution in [0.2, 0.25) is 0 Å². The third kappa shape index (κ3) is 5.80. The number of pyridine rings is 2. The minimum Gasteiger partial charge on any atom is -0.307 e. The highest BCUT2D eigenvalue weighted by Crippen LogP contribution is 2.48. The van der Waals surface area contributed by atoms with Crippen molar-refractivity contribution in [1.29, 1.82) is 0 Å². The summed E-state index contributed by atoms with van der Waals surface area (Å²) in [6.45, 7) is 4.13. The SMILES string of the molecule is Cc1cnccc1-c1cccc2c3cccc(-c4ccncc4C)c3n(-c3cccc4c3C(=O)N(c3c(-c5ccccc5)cc(-c5ccccc5)cc3-c3ccccc3)C4=O)c12. The summed E-state index contributed by atoms with van der Waals surface area (Å²) in [7, 11) is 0. The summed E-state index contributed by atoms with van der Waals surface area (Å²) in [6.07, 6.45) is 7.39. The topological polar surface area (TPSA) is 68.1 Å². The predicted octanol–water partition coefficient (Wildman–Crippen LogP) is 13.3. The van der Waals surface area contributed by atoms with Gasteiger partial charge in [0.05, 0.1) is 33.5 Å². The molecule has 3 aromatic heterocycles. The van der Waals surface area contributed by atoms with Crippen LogP contribution in [0.3, 0.4) is 0 Å². The number of benzene rings is 7. The zero-order valence-corrected chi connectivity index (χ0v) is 34.1. The lowest BCUT2D eigenvalue weighted by Gasteiger charge is -2.24. The molecule has 0 spiro atoms. The molecule has 0 radical (unpaired) electrons. The van der Waals surface area contributed by atoms with E-state index in [0.29, 0.717) is 22.5 Å². The number of carbonyl (C=O) groups is 2. The van der Waals surface area contributed by atoms with Gasteiger partial charge in [-0.05, 0) is 94.8 Å². The smallest absolute Gasteiger partial charge is 0.268 e. The summed E-state index contributed by atoms with van der Waals surface area (Å²) in [5, 5.41) is 2.06. The number of anilines is 1. The van der Waals surface area contributed by atoms with Crippen LogP contribution in [0.1, 0.15) is 31.8 Å². The van der Waals surface area contributed by atoms with Gasteiger partial charge in [-0.15, -0.1) is 0 Å². The van der Waals surface area contributed by atoms with E-state index in [-0.39, 0.29) is 11.8 Å². The fraction of sp³-hybridized carbons (Fsp3) is 0.0357. The van der Waals surface area contributed by atoms with E-state index in [2.05, 4.69) is 89.0 Å². The Morgan fingerprint density at radius 2 is 0.871 bits per heavy atom. The molecule has 6 nitrogen and oxygen atoms in total. The number of imide groups is 1. The number of para-hydroxylation sites is 2. The molecule has 11 rings (SSSR count). The molecular formula is C56H38N4O2. The summed E-state index contributed by atoms with van der Waals surface area (Å²) >= 11 is 0. The second kappa shape index (κ2) is 14.8. The highest BCUT2D eigenvalue weighted by Gasteiger charge is 2.42. The first-order valence-electron chi connectivity index (χ1n) is 20.7. The number of carbonyl (C=O) groups excluding carboxylic acids is 2. The summed E-state index contributed by atoms with van der Waals surface area (Å²) in [4.78, 5) is 41.4. The third-order valence-electron chi connectivity index (χ3n) is 12.2. The Kier molecular flexibility index (Phi) is 8.79. The minimum atomic E-state index is -0.382. The number of aryl methyl sites for hydroxylation is 2. The first kappa shape index (κ1) is 36.8. The molecular weight excluding hydrogens is 761 g/mol. The third-order valence-corrected chi connectivity index (χ3v) is 12.2. The largest absolute Gasteiger partial charge is 0.307 e. The van der Waals surface area contributed by atoms with Crippen LogP contribution < -0.4 is 4.90 Å². The second-order valence-corrected chi connectivity index (χ2v) is 15.8. The van der Waals surface area contributed by atoms with Gasteiger partial charge in [0.1, 0.15) is 0 Å². The molecule has 0 unspecified atom stereocenters. The summed E-state index contributed by atoms with van der Waals surface area (Å²) in [5.74, 6) is -0.752. The molecule has 62 heavy (non-hydrogen) atoms. The average Bonchev–Trinajstić information content (AvgIpc) is 3.80.